The molecule has 134 valence electrons. The Bertz CT molecular complexity index is 577. The van der Waals surface area contributed by atoms with Crippen LogP contribution >= 0.6 is 0 Å². The molecule has 0 aromatic carbocycles. The van der Waals surface area contributed by atoms with Crippen LogP contribution in [0.25, 0.3) is 0 Å². The van der Waals surface area contributed by atoms with Gasteiger partial charge in [0.25, 0.3) is 0 Å². The molecule has 0 aliphatic carbocycles. The van der Waals surface area contributed by atoms with Crippen LogP contribution in [0.15, 0.2) is 12.3 Å². The Morgan fingerprint density at radius 3 is 2.62 bits per heavy atom. The molecule has 1 aromatic heterocycles. The minimum atomic E-state index is -0.911. The molecule has 0 saturated carbocycles. The Morgan fingerprint density at radius 1 is 1.42 bits per heavy atom. The highest BCUT2D eigenvalue weighted by Gasteiger charge is 2.44. The molecule has 6 nitrogen and oxygen atoms in total. The first-order chi connectivity index (χ1) is 11.3. The van der Waals surface area contributed by atoms with Crippen molar-refractivity contribution in [2.45, 2.75) is 51.0 Å². The fourth-order valence-corrected chi connectivity index (χ4v) is 3.70. The van der Waals surface area contributed by atoms with Crippen LogP contribution in [0.2, 0.25) is 0 Å². The second-order valence-corrected chi connectivity index (χ2v) is 8.26. The van der Waals surface area contributed by atoms with Gasteiger partial charge in [-0.25, -0.2) is 4.79 Å². The van der Waals surface area contributed by atoms with Gasteiger partial charge >= 0.3 is 5.97 Å². The largest absolute Gasteiger partial charge is 0.479 e. The minimum absolute atomic E-state index is 0.0753. The molecule has 0 amide bonds. The topological polar surface area (TPSA) is 67.6 Å². The number of hydrogen-bond acceptors (Lipinski definition) is 4. The Labute approximate surface area is 143 Å². The normalized spacial score (nSPS) is 25.0. The highest BCUT2D eigenvalue weighted by molar-refractivity contribution is 5.76. The number of carboxylic acids is 1. The lowest BCUT2D eigenvalue weighted by molar-refractivity contribution is -0.151. The number of aromatic nitrogens is 2. The summed E-state index contributed by atoms with van der Waals surface area (Å²) in [6.07, 6.45) is 4.16. The first-order valence-electron chi connectivity index (χ1n) is 8.91. The van der Waals surface area contributed by atoms with Crippen LogP contribution in [0.1, 0.15) is 45.7 Å². The van der Waals surface area contributed by atoms with E-state index < -0.39 is 11.5 Å². The predicted octanol–water partition coefficient (Wildman–Crippen LogP) is 2.09. The number of carboxylic acid groups (broad SMARTS) is 1. The number of carbonyl (C=O) groups is 1. The van der Waals surface area contributed by atoms with E-state index in [2.05, 4.69) is 30.8 Å². The zero-order valence-electron chi connectivity index (χ0n) is 15.0. The van der Waals surface area contributed by atoms with Gasteiger partial charge in [-0.2, -0.15) is 5.10 Å². The number of aliphatic carboxylic acids is 1. The molecule has 24 heavy (non-hydrogen) atoms. The highest BCUT2D eigenvalue weighted by atomic mass is 16.5. The molecule has 1 unspecified atom stereocenters. The van der Waals surface area contributed by atoms with E-state index in [9.17, 15) is 9.90 Å². The molecular weight excluding hydrogens is 306 g/mol. The maximum atomic E-state index is 12.1. The van der Waals surface area contributed by atoms with Gasteiger partial charge in [0.2, 0.25) is 0 Å². The lowest BCUT2D eigenvalue weighted by Crippen LogP contribution is -2.52. The fraction of sp³-hybridized carbons (Fsp3) is 0.778. The van der Waals surface area contributed by atoms with Crippen molar-refractivity contribution >= 4 is 5.97 Å². The molecule has 0 radical (unpaired) electrons. The van der Waals surface area contributed by atoms with Gasteiger partial charge in [-0.1, -0.05) is 20.8 Å². The van der Waals surface area contributed by atoms with E-state index in [1.807, 2.05) is 12.3 Å². The van der Waals surface area contributed by atoms with Gasteiger partial charge in [0, 0.05) is 37.9 Å². The third-order valence-electron chi connectivity index (χ3n) is 5.42. The van der Waals surface area contributed by atoms with Crippen molar-refractivity contribution in [1.82, 2.24) is 14.7 Å². The van der Waals surface area contributed by atoms with Crippen molar-refractivity contribution < 1.29 is 14.6 Å². The van der Waals surface area contributed by atoms with E-state index in [0.29, 0.717) is 18.8 Å². The first-order valence-corrected chi connectivity index (χ1v) is 8.91. The summed E-state index contributed by atoms with van der Waals surface area (Å²) >= 11 is 0. The Hall–Kier alpha value is -1.40. The molecule has 3 heterocycles. The molecule has 1 N–H and O–H groups in total. The van der Waals surface area contributed by atoms with Gasteiger partial charge in [-0.15, -0.1) is 0 Å². The van der Waals surface area contributed by atoms with Crippen LogP contribution in [0.5, 0.6) is 0 Å². The van der Waals surface area contributed by atoms with Crippen LogP contribution < -0.4 is 0 Å². The molecule has 3 rings (SSSR count). The lowest BCUT2D eigenvalue weighted by atomic mass is 9.87. The number of likely N-dealkylation sites (tertiary alicyclic amines) is 1. The third kappa shape index (κ3) is 3.35. The van der Waals surface area contributed by atoms with Gasteiger partial charge in [0.05, 0.1) is 12.3 Å². The molecule has 0 spiro atoms. The van der Waals surface area contributed by atoms with Crippen LogP contribution in [-0.2, 0) is 20.5 Å². The maximum absolute atomic E-state index is 12.1. The smallest absolute Gasteiger partial charge is 0.331 e. The number of ether oxygens (including phenoxy) is 1. The Balaban J connectivity index is 1.71. The van der Waals surface area contributed by atoms with Crippen LogP contribution in [0.3, 0.4) is 0 Å². The fourth-order valence-electron chi connectivity index (χ4n) is 3.70. The summed E-state index contributed by atoms with van der Waals surface area (Å²) in [4.78, 5) is 14.5. The zero-order valence-corrected chi connectivity index (χ0v) is 15.0. The standard InChI is InChI=1S/C18H29N3O3/c1-17(2,3)15-4-8-21(19-15)18(16(22)23)6-9-20(10-7-18)12-14-5-11-24-13-14/h4,8,14H,5-7,9-13H2,1-3H3,(H,22,23). The Morgan fingerprint density at radius 2 is 2.12 bits per heavy atom. The summed E-state index contributed by atoms with van der Waals surface area (Å²) in [6, 6.07) is 1.95. The zero-order chi connectivity index (χ0) is 17.4. The first kappa shape index (κ1) is 17.4. The minimum Gasteiger partial charge on any atom is -0.479 e. The number of rotatable bonds is 4. The third-order valence-corrected chi connectivity index (χ3v) is 5.42. The molecule has 1 atom stereocenters. The summed E-state index contributed by atoms with van der Waals surface area (Å²) in [5, 5.41) is 14.5. The summed E-state index contributed by atoms with van der Waals surface area (Å²) in [6.45, 7) is 10.6. The summed E-state index contributed by atoms with van der Waals surface area (Å²) < 4.78 is 7.15. The average Bonchev–Trinajstić information content (AvgIpc) is 3.18. The molecule has 6 heteroatoms. The summed E-state index contributed by atoms with van der Waals surface area (Å²) in [7, 11) is 0. The predicted molar refractivity (Wildman–Crippen MR) is 91.1 cm³/mol. The SMILES string of the molecule is CC(C)(C)c1ccn(C2(C(=O)O)CCN(CC3CCOC3)CC2)n1. The van der Waals surface area contributed by atoms with Crippen LogP contribution in [-0.4, -0.2) is 58.6 Å². The average molecular weight is 335 g/mol. The van der Waals surface area contributed by atoms with Gasteiger partial charge in [0.15, 0.2) is 5.54 Å². The van der Waals surface area contributed by atoms with E-state index in [-0.39, 0.29) is 5.41 Å². The van der Waals surface area contributed by atoms with Crippen molar-refractivity contribution in [3.63, 3.8) is 0 Å². The number of piperidine rings is 1. The molecule has 2 saturated heterocycles. The van der Waals surface area contributed by atoms with Gasteiger partial charge in [-0.05, 0) is 31.2 Å². The summed E-state index contributed by atoms with van der Waals surface area (Å²) in [5.74, 6) is -0.172. The molecule has 1 aromatic rings. The molecule has 2 aliphatic rings. The molecule has 0 bridgehead atoms. The van der Waals surface area contributed by atoms with Crippen molar-refractivity contribution in [1.29, 1.82) is 0 Å². The maximum Gasteiger partial charge on any atom is 0.331 e. The van der Waals surface area contributed by atoms with E-state index in [1.165, 1.54) is 0 Å². The van der Waals surface area contributed by atoms with E-state index >= 15 is 0 Å². The summed E-state index contributed by atoms with van der Waals surface area (Å²) in [5.41, 5.74) is -0.0472. The van der Waals surface area contributed by atoms with Crippen LogP contribution in [0, 0.1) is 5.92 Å². The van der Waals surface area contributed by atoms with Crippen molar-refractivity contribution in [3.05, 3.63) is 18.0 Å². The molecule has 2 aliphatic heterocycles. The quantitative estimate of drug-likeness (QED) is 0.912. The Kier molecular flexibility index (Phi) is 4.71. The van der Waals surface area contributed by atoms with Crippen molar-refractivity contribution in [2.75, 3.05) is 32.8 Å². The molecule has 2 fully saturated rings. The van der Waals surface area contributed by atoms with Crippen molar-refractivity contribution in [2.24, 2.45) is 5.92 Å². The van der Waals surface area contributed by atoms with E-state index in [4.69, 9.17) is 4.74 Å². The van der Waals surface area contributed by atoms with Gasteiger partial charge in [0.1, 0.15) is 0 Å². The second kappa shape index (κ2) is 6.48. The second-order valence-electron chi connectivity index (χ2n) is 8.26. The molecular formula is C18H29N3O3. The lowest BCUT2D eigenvalue weighted by Gasteiger charge is -2.39. The highest BCUT2D eigenvalue weighted by Crippen LogP contribution is 2.32. The number of nitrogens with zero attached hydrogens (tertiary/aromatic N) is 3. The monoisotopic (exact) mass is 335 g/mol. The van der Waals surface area contributed by atoms with Crippen LogP contribution in [0.4, 0.5) is 0 Å². The van der Waals surface area contributed by atoms with Gasteiger partial charge in [-0.3, -0.25) is 4.68 Å². The van der Waals surface area contributed by atoms with Crippen molar-refractivity contribution in [3.8, 4) is 0 Å². The van der Waals surface area contributed by atoms with E-state index in [1.54, 1.807) is 4.68 Å². The van der Waals surface area contributed by atoms with Gasteiger partial charge < -0.3 is 14.7 Å². The number of hydrogen-bond donors (Lipinski definition) is 1. The van der Waals surface area contributed by atoms with E-state index in [0.717, 1.165) is 45.0 Å².